The molecule has 0 saturated heterocycles. The molecule has 0 aliphatic carbocycles. The molecule has 4 nitrogen and oxygen atoms in total. The monoisotopic (exact) mass is 352 g/mol. The van der Waals surface area contributed by atoms with Gasteiger partial charge in [-0.1, -0.05) is 59.8 Å². The van der Waals surface area contributed by atoms with Crippen molar-refractivity contribution < 1.29 is 0 Å². The largest absolute Gasteiger partial charge is 0.377 e. The highest BCUT2D eigenvalue weighted by Gasteiger charge is 2.10. The van der Waals surface area contributed by atoms with Gasteiger partial charge in [0.1, 0.15) is 0 Å². The van der Waals surface area contributed by atoms with Crippen molar-refractivity contribution in [1.29, 1.82) is 0 Å². The predicted molar refractivity (Wildman–Crippen MR) is 105 cm³/mol. The van der Waals surface area contributed by atoms with Crippen LogP contribution in [0.4, 0.5) is 5.69 Å². The number of hydrogen-bond donors (Lipinski definition) is 1. The number of para-hydroxylation sites is 1. The van der Waals surface area contributed by atoms with Crippen molar-refractivity contribution in [3.05, 3.63) is 70.5 Å². The second-order valence-electron chi connectivity index (χ2n) is 6.35. The van der Waals surface area contributed by atoms with E-state index in [9.17, 15) is 0 Å². The van der Waals surface area contributed by atoms with Crippen LogP contribution in [0, 0.1) is 20.8 Å². The summed E-state index contributed by atoms with van der Waals surface area (Å²) < 4.78 is 2.07. The summed E-state index contributed by atoms with van der Waals surface area (Å²) in [5.41, 5.74) is 6.26. The van der Waals surface area contributed by atoms with Gasteiger partial charge in [0.05, 0.1) is 6.54 Å². The molecule has 3 rings (SSSR count). The summed E-state index contributed by atoms with van der Waals surface area (Å²) in [6.45, 7) is 7.01. The van der Waals surface area contributed by atoms with E-state index in [1.807, 2.05) is 7.05 Å². The van der Waals surface area contributed by atoms with Crippen LogP contribution in [0.15, 0.2) is 47.6 Å². The average Bonchev–Trinajstić information content (AvgIpc) is 2.94. The van der Waals surface area contributed by atoms with Crippen LogP contribution < -0.4 is 5.32 Å². The third-order valence-corrected chi connectivity index (χ3v) is 5.41. The van der Waals surface area contributed by atoms with Crippen LogP contribution in [0.25, 0.3) is 0 Å². The summed E-state index contributed by atoms with van der Waals surface area (Å²) in [5, 5.41) is 13.1. The number of hydrogen-bond acceptors (Lipinski definition) is 4. The molecule has 5 heteroatoms. The van der Waals surface area contributed by atoms with Crippen molar-refractivity contribution in [2.75, 3.05) is 5.32 Å². The molecule has 0 aliphatic heterocycles. The lowest BCUT2D eigenvalue weighted by molar-refractivity contribution is 0.744. The summed E-state index contributed by atoms with van der Waals surface area (Å²) in [6.07, 6.45) is 0. The molecule has 1 heterocycles. The summed E-state index contributed by atoms with van der Waals surface area (Å²) >= 11 is 1.72. The Balaban J connectivity index is 1.64. The molecule has 3 aromatic rings. The van der Waals surface area contributed by atoms with Crippen LogP contribution in [0.2, 0.25) is 0 Å². The Labute approximate surface area is 153 Å². The van der Waals surface area contributed by atoms with Crippen LogP contribution in [-0.2, 0) is 19.3 Å². The summed E-state index contributed by atoms with van der Waals surface area (Å²) in [6, 6.07) is 14.9. The molecule has 0 atom stereocenters. The van der Waals surface area contributed by atoms with Gasteiger partial charge < -0.3 is 9.88 Å². The summed E-state index contributed by atoms with van der Waals surface area (Å²) in [4.78, 5) is 0. The number of nitrogens with zero attached hydrogens (tertiary/aromatic N) is 3. The molecule has 0 aliphatic rings. The number of thioether (sulfide) groups is 1. The Hall–Kier alpha value is -2.27. The third-order valence-electron chi connectivity index (χ3n) is 4.32. The summed E-state index contributed by atoms with van der Waals surface area (Å²) in [7, 11) is 2.03. The van der Waals surface area contributed by atoms with Crippen LogP contribution >= 0.6 is 11.8 Å². The molecule has 0 amide bonds. The predicted octanol–water partition coefficient (Wildman–Crippen LogP) is 4.64. The second kappa shape index (κ2) is 7.74. The molecular weight excluding hydrogens is 328 g/mol. The van der Waals surface area contributed by atoms with E-state index < -0.39 is 0 Å². The van der Waals surface area contributed by atoms with Gasteiger partial charge in [-0.2, -0.15) is 0 Å². The van der Waals surface area contributed by atoms with Crippen LogP contribution in [-0.4, -0.2) is 14.8 Å². The minimum Gasteiger partial charge on any atom is -0.377 e. The molecule has 0 radical (unpaired) electrons. The van der Waals surface area contributed by atoms with Gasteiger partial charge in [-0.25, -0.2) is 0 Å². The second-order valence-corrected chi connectivity index (χ2v) is 7.29. The topological polar surface area (TPSA) is 42.7 Å². The number of aromatic nitrogens is 3. The van der Waals surface area contributed by atoms with Crippen molar-refractivity contribution in [3.8, 4) is 0 Å². The number of benzene rings is 2. The normalized spacial score (nSPS) is 10.9. The van der Waals surface area contributed by atoms with Crippen LogP contribution in [0.1, 0.15) is 28.1 Å². The molecular formula is C20H24N4S. The lowest BCUT2D eigenvalue weighted by atomic mass is 10.1. The Kier molecular flexibility index (Phi) is 5.43. The molecule has 1 aromatic heterocycles. The van der Waals surface area contributed by atoms with E-state index in [1.54, 1.807) is 11.8 Å². The first-order valence-electron chi connectivity index (χ1n) is 8.41. The van der Waals surface area contributed by atoms with E-state index in [1.165, 1.54) is 27.9 Å². The van der Waals surface area contributed by atoms with Crippen LogP contribution in [0.3, 0.4) is 0 Å². The SMILES string of the molecule is Cc1ccc(CSc2nnc(CNc3c(C)cccc3C)n2C)cc1. The zero-order valence-corrected chi connectivity index (χ0v) is 16.0. The van der Waals surface area contributed by atoms with E-state index in [4.69, 9.17) is 0 Å². The highest BCUT2D eigenvalue weighted by Crippen LogP contribution is 2.23. The molecule has 0 fully saturated rings. The van der Waals surface area contributed by atoms with Gasteiger partial charge in [0.15, 0.2) is 11.0 Å². The van der Waals surface area contributed by atoms with Gasteiger partial charge in [-0.05, 0) is 37.5 Å². The van der Waals surface area contributed by atoms with Crippen molar-refractivity contribution in [2.24, 2.45) is 7.05 Å². The summed E-state index contributed by atoms with van der Waals surface area (Å²) in [5.74, 6) is 1.84. The van der Waals surface area contributed by atoms with E-state index in [0.717, 1.165) is 16.7 Å². The first-order chi connectivity index (χ1) is 12.0. The van der Waals surface area contributed by atoms with Crippen LogP contribution in [0.5, 0.6) is 0 Å². The standard InChI is InChI=1S/C20H24N4S/c1-14-8-10-17(11-9-14)13-25-20-23-22-18(24(20)4)12-21-19-15(2)6-5-7-16(19)3/h5-11,21H,12-13H2,1-4H3. The van der Waals surface area contributed by atoms with Crippen molar-refractivity contribution in [2.45, 2.75) is 38.2 Å². The minimum atomic E-state index is 0.667. The number of anilines is 1. The van der Waals surface area contributed by atoms with Gasteiger partial charge >= 0.3 is 0 Å². The van der Waals surface area contributed by atoms with E-state index in [-0.39, 0.29) is 0 Å². The Morgan fingerprint density at radius 1 is 0.960 bits per heavy atom. The quantitative estimate of drug-likeness (QED) is 0.656. The molecule has 0 spiro atoms. The number of aryl methyl sites for hydroxylation is 3. The fourth-order valence-corrected chi connectivity index (χ4v) is 3.60. The highest BCUT2D eigenvalue weighted by molar-refractivity contribution is 7.98. The van der Waals surface area contributed by atoms with Crippen molar-refractivity contribution in [1.82, 2.24) is 14.8 Å². The number of rotatable bonds is 6. The minimum absolute atomic E-state index is 0.667. The maximum Gasteiger partial charge on any atom is 0.191 e. The Morgan fingerprint density at radius 3 is 2.32 bits per heavy atom. The van der Waals surface area contributed by atoms with E-state index >= 15 is 0 Å². The lowest BCUT2D eigenvalue weighted by Crippen LogP contribution is -2.08. The lowest BCUT2D eigenvalue weighted by Gasteiger charge is -2.12. The number of nitrogens with one attached hydrogen (secondary N) is 1. The fraction of sp³-hybridized carbons (Fsp3) is 0.300. The van der Waals surface area contributed by atoms with Gasteiger partial charge in [0.25, 0.3) is 0 Å². The first-order valence-corrected chi connectivity index (χ1v) is 9.40. The molecule has 130 valence electrons. The third kappa shape index (κ3) is 4.23. The first kappa shape index (κ1) is 17.5. The molecule has 0 unspecified atom stereocenters. The molecule has 2 aromatic carbocycles. The average molecular weight is 353 g/mol. The Morgan fingerprint density at radius 2 is 1.64 bits per heavy atom. The van der Waals surface area contributed by atoms with Gasteiger partial charge in [0, 0.05) is 18.5 Å². The molecule has 25 heavy (non-hydrogen) atoms. The fourth-order valence-electron chi connectivity index (χ4n) is 2.72. The Bertz CT molecular complexity index is 832. The zero-order chi connectivity index (χ0) is 17.8. The van der Waals surface area contributed by atoms with Gasteiger partial charge in [0.2, 0.25) is 0 Å². The maximum absolute atomic E-state index is 4.35. The smallest absolute Gasteiger partial charge is 0.191 e. The highest BCUT2D eigenvalue weighted by atomic mass is 32.2. The van der Waals surface area contributed by atoms with Crippen molar-refractivity contribution in [3.63, 3.8) is 0 Å². The van der Waals surface area contributed by atoms with E-state index in [0.29, 0.717) is 6.54 Å². The van der Waals surface area contributed by atoms with Gasteiger partial charge in [-0.15, -0.1) is 10.2 Å². The maximum atomic E-state index is 4.35. The zero-order valence-electron chi connectivity index (χ0n) is 15.2. The van der Waals surface area contributed by atoms with E-state index in [2.05, 4.69) is 83.3 Å². The van der Waals surface area contributed by atoms with Gasteiger partial charge in [-0.3, -0.25) is 0 Å². The van der Waals surface area contributed by atoms with Crippen molar-refractivity contribution >= 4 is 17.4 Å². The molecule has 0 bridgehead atoms. The molecule has 1 N–H and O–H groups in total. The molecule has 0 saturated carbocycles.